The number of carbonyl (C=O) groups excluding carboxylic acids is 2. The molecule has 2 aliphatic rings. The predicted molar refractivity (Wildman–Crippen MR) is 130 cm³/mol. The molecule has 0 radical (unpaired) electrons. The van der Waals surface area contributed by atoms with E-state index in [-0.39, 0.29) is 24.3 Å². The van der Waals surface area contributed by atoms with Crippen LogP contribution < -0.4 is 14.8 Å². The molecule has 1 atom stereocenters. The Kier molecular flexibility index (Phi) is 6.21. The van der Waals surface area contributed by atoms with Gasteiger partial charge in [0.2, 0.25) is 0 Å². The molecular weight excluding hydrogens is 428 g/mol. The van der Waals surface area contributed by atoms with Crippen molar-refractivity contribution >= 4 is 17.5 Å². The first-order valence-electron chi connectivity index (χ1n) is 11.7. The van der Waals surface area contributed by atoms with E-state index in [4.69, 9.17) is 9.47 Å². The van der Waals surface area contributed by atoms with Crippen LogP contribution in [0.4, 0.5) is 5.69 Å². The molecular formula is C28H28N2O4. The zero-order valence-corrected chi connectivity index (χ0v) is 19.2. The number of nitrogens with zero attached hydrogens (tertiary/aromatic N) is 1. The van der Waals surface area contributed by atoms with Crippen LogP contribution in [0.25, 0.3) is 0 Å². The van der Waals surface area contributed by atoms with Gasteiger partial charge in [0.1, 0.15) is 11.5 Å². The smallest absolute Gasteiger partial charge is 0.262 e. The summed E-state index contributed by atoms with van der Waals surface area (Å²) in [4.78, 5) is 26.8. The van der Waals surface area contributed by atoms with Crippen molar-refractivity contribution < 1.29 is 19.1 Å². The summed E-state index contributed by atoms with van der Waals surface area (Å²) in [6.07, 6.45) is 1.84. The number of methoxy groups -OCH3 is 1. The fourth-order valence-electron chi connectivity index (χ4n) is 5.04. The number of piperidine rings is 1. The number of nitrogens with one attached hydrogen (secondary N) is 1. The van der Waals surface area contributed by atoms with Gasteiger partial charge in [-0.3, -0.25) is 9.59 Å². The van der Waals surface area contributed by atoms with E-state index < -0.39 is 0 Å². The van der Waals surface area contributed by atoms with E-state index in [1.807, 2.05) is 23.1 Å². The van der Waals surface area contributed by atoms with Gasteiger partial charge < -0.3 is 19.7 Å². The van der Waals surface area contributed by atoms with Crippen LogP contribution in [0, 0.1) is 5.92 Å². The third kappa shape index (κ3) is 4.49. The maximum atomic E-state index is 13.2. The van der Waals surface area contributed by atoms with Crippen LogP contribution in [-0.2, 0) is 4.79 Å². The molecule has 1 fully saturated rings. The molecule has 3 aromatic rings. The Balaban J connectivity index is 1.32. The number of rotatable bonds is 5. The van der Waals surface area contributed by atoms with Crippen LogP contribution in [0.2, 0.25) is 0 Å². The van der Waals surface area contributed by atoms with E-state index in [2.05, 4.69) is 41.7 Å². The molecule has 0 unspecified atom stereocenters. The second kappa shape index (κ2) is 9.59. The number of hydrogen-bond donors (Lipinski definition) is 1. The third-order valence-corrected chi connectivity index (χ3v) is 6.79. The molecule has 0 aliphatic carbocycles. The highest BCUT2D eigenvalue weighted by Gasteiger charge is 2.31. The minimum atomic E-state index is -0.205. The van der Waals surface area contributed by atoms with Crippen LogP contribution in [0.1, 0.15) is 40.2 Å². The standard InChI is InChI=1S/C28H28N2O4/c1-33-23-10-7-20(8-11-23)27(19-5-3-2-4-6-19)21-13-15-30(16-14-21)28(32)22-9-12-25-24(17-22)29-26(31)18-34-25/h2-12,17,21,27H,13-16,18H2,1H3,(H,29,31)/t27-/m0/s1. The minimum absolute atomic E-state index is 0.00455. The lowest BCUT2D eigenvalue weighted by Crippen LogP contribution is -2.40. The van der Waals surface area contributed by atoms with Gasteiger partial charge in [-0.1, -0.05) is 42.5 Å². The van der Waals surface area contributed by atoms with Gasteiger partial charge in [0.15, 0.2) is 6.61 Å². The van der Waals surface area contributed by atoms with Gasteiger partial charge in [-0.25, -0.2) is 0 Å². The molecule has 2 amide bonds. The third-order valence-electron chi connectivity index (χ3n) is 6.79. The number of carbonyl (C=O) groups is 2. The predicted octanol–water partition coefficient (Wildman–Crippen LogP) is 4.71. The molecule has 5 rings (SSSR count). The van der Waals surface area contributed by atoms with Gasteiger partial charge in [-0.05, 0) is 60.2 Å². The zero-order chi connectivity index (χ0) is 23.5. The van der Waals surface area contributed by atoms with Gasteiger partial charge in [-0.15, -0.1) is 0 Å². The molecule has 1 N–H and O–H groups in total. The Morgan fingerprint density at radius 2 is 1.71 bits per heavy atom. The molecule has 6 nitrogen and oxygen atoms in total. The Hall–Kier alpha value is -3.80. The van der Waals surface area contributed by atoms with E-state index in [1.165, 1.54) is 11.1 Å². The van der Waals surface area contributed by atoms with Crippen molar-refractivity contribution in [3.05, 3.63) is 89.5 Å². The Labute approximate surface area is 199 Å². The molecule has 0 saturated carbocycles. The van der Waals surface area contributed by atoms with Gasteiger partial charge in [0, 0.05) is 24.6 Å². The number of ether oxygens (including phenoxy) is 2. The highest BCUT2D eigenvalue weighted by Crippen LogP contribution is 2.39. The highest BCUT2D eigenvalue weighted by atomic mass is 16.5. The maximum Gasteiger partial charge on any atom is 0.262 e. The molecule has 6 heteroatoms. The van der Waals surface area contributed by atoms with Crippen molar-refractivity contribution in [2.75, 3.05) is 32.1 Å². The van der Waals surface area contributed by atoms with E-state index in [0.717, 1.165) is 18.6 Å². The van der Waals surface area contributed by atoms with Crippen molar-refractivity contribution in [3.63, 3.8) is 0 Å². The van der Waals surface area contributed by atoms with Crippen molar-refractivity contribution in [1.82, 2.24) is 4.90 Å². The normalized spacial score (nSPS) is 16.7. The first-order chi connectivity index (χ1) is 16.6. The van der Waals surface area contributed by atoms with E-state index in [9.17, 15) is 9.59 Å². The second-order valence-electron chi connectivity index (χ2n) is 8.84. The number of likely N-dealkylation sites (tertiary alicyclic amines) is 1. The van der Waals surface area contributed by atoms with Gasteiger partial charge in [0.25, 0.3) is 11.8 Å². The average Bonchev–Trinajstić information content (AvgIpc) is 2.89. The lowest BCUT2D eigenvalue weighted by molar-refractivity contribution is -0.118. The lowest BCUT2D eigenvalue weighted by atomic mass is 9.76. The Morgan fingerprint density at radius 1 is 1.00 bits per heavy atom. The van der Waals surface area contributed by atoms with Crippen molar-refractivity contribution in [2.45, 2.75) is 18.8 Å². The highest BCUT2D eigenvalue weighted by molar-refractivity contribution is 5.99. The first kappa shape index (κ1) is 22.0. The summed E-state index contributed by atoms with van der Waals surface area (Å²) in [7, 11) is 1.68. The topological polar surface area (TPSA) is 67.9 Å². The average molecular weight is 457 g/mol. The summed E-state index contributed by atoms with van der Waals surface area (Å²) in [5.74, 6) is 1.92. The first-order valence-corrected chi connectivity index (χ1v) is 11.7. The summed E-state index contributed by atoms with van der Waals surface area (Å²) in [5, 5.41) is 2.78. The molecule has 174 valence electrons. The number of fused-ring (bicyclic) bond motifs is 1. The number of benzene rings is 3. The van der Waals surface area contributed by atoms with E-state index >= 15 is 0 Å². The van der Waals surface area contributed by atoms with Crippen LogP contribution in [0.15, 0.2) is 72.8 Å². The molecule has 2 aliphatic heterocycles. The van der Waals surface area contributed by atoms with Crippen LogP contribution >= 0.6 is 0 Å². The van der Waals surface area contributed by atoms with Crippen LogP contribution in [0.3, 0.4) is 0 Å². The van der Waals surface area contributed by atoms with Gasteiger partial charge in [0.05, 0.1) is 12.8 Å². The molecule has 1 saturated heterocycles. The lowest BCUT2D eigenvalue weighted by Gasteiger charge is -2.37. The summed E-state index contributed by atoms with van der Waals surface area (Å²) >= 11 is 0. The van der Waals surface area contributed by atoms with Crippen LogP contribution in [0.5, 0.6) is 11.5 Å². The summed E-state index contributed by atoms with van der Waals surface area (Å²) in [6.45, 7) is 1.40. The quantitative estimate of drug-likeness (QED) is 0.604. The minimum Gasteiger partial charge on any atom is -0.497 e. The largest absolute Gasteiger partial charge is 0.497 e. The maximum absolute atomic E-state index is 13.2. The molecule has 0 spiro atoms. The molecule has 0 aromatic heterocycles. The number of amides is 2. The summed E-state index contributed by atoms with van der Waals surface area (Å²) < 4.78 is 10.8. The van der Waals surface area contributed by atoms with Crippen molar-refractivity contribution in [2.24, 2.45) is 5.92 Å². The number of hydrogen-bond acceptors (Lipinski definition) is 4. The van der Waals surface area contributed by atoms with Crippen molar-refractivity contribution in [3.8, 4) is 11.5 Å². The SMILES string of the molecule is COc1ccc([C@H](c2ccccc2)C2CCN(C(=O)c3ccc4c(c3)NC(=O)CO4)CC2)cc1. The Bertz CT molecular complexity index is 1170. The second-order valence-corrected chi connectivity index (χ2v) is 8.84. The Morgan fingerprint density at radius 3 is 2.41 bits per heavy atom. The molecule has 3 aromatic carbocycles. The zero-order valence-electron chi connectivity index (χ0n) is 19.2. The van der Waals surface area contributed by atoms with Crippen molar-refractivity contribution in [1.29, 1.82) is 0 Å². The summed E-state index contributed by atoms with van der Waals surface area (Å²) in [5.41, 5.74) is 3.68. The monoisotopic (exact) mass is 456 g/mol. The fourth-order valence-corrected chi connectivity index (χ4v) is 5.04. The van der Waals surface area contributed by atoms with Crippen LogP contribution in [-0.4, -0.2) is 43.5 Å². The van der Waals surface area contributed by atoms with Gasteiger partial charge >= 0.3 is 0 Å². The molecule has 34 heavy (non-hydrogen) atoms. The molecule has 2 heterocycles. The van der Waals surface area contributed by atoms with E-state index in [0.29, 0.717) is 36.0 Å². The summed E-state index contributed by atoms with van der Waals surface area (Å²) in [6, 6.07) is 24.2. The molecule has 0 bridgehead atoms. The number of anilines is 1. The van der Waals surface area contributed by atoms with E-state index in [1.54, 1.807) is 25.3 Å². The van der Waals surface area contributed by atoms with Gasteiger partial charge in [-0.2, -0.15) is 0 Å². The fraction of sp³-hybridized carbons (Fsp3) is 0.286.